The first-order valence-electron chi connectivity index (χ1n) is 7.43. The number of rotatable bonds is 5. The molecule has 1 saturated heterocycles. The first-order valence-corrected chi connectivity index (χ1v) is 9.53. The second kappa shape index (κ2) is 8.63. The van der Waals surface area contributed by atoms with Crippen LogP contribution in [0.1, 0.15) is 44.1 Å². The fourth-order valence-corrected chi connectivity index (χ4v) is 5.39. The maximum Gasteiger partial charge on any atom is 0.434 e. The Labute approximate surface area is 159 Å². The summed E-state index contributed by atoms with van der Waals surface area (Å²) in [6, 6.07) is 0. The van der Waals surface area contributed by atoms with Gasteiger partial charge in [-0.1, -0.05) is 0 Å². The van der Waals surface area contributed by atoms with Crippen molar-refractivity contribution < 1.29 is 41.0 Å². The van der Waals surface area contributed by atoms with Crippen molar-refractivity contribution in [1.82, 2.24) is 4.98 Å². The van der Waals surface area contributed by atoms with Crippen LogP contribution in [0.5, 0.6) is 0 Å². The zero-order valence-corrected chi connectivity index (χ0v) is 15.7. The standard InChI is InChI=1S/C15H14F5NO4S2/c1-24-13(22)8-6(5-7-26-3-4-27-7)9(14(23)25-2)11(15(18,19)20)21-10(8)12(16)17/h7,12H,3-5H2,1-2H3. The van der Waals surface area contributed by atoms with Gasteiger partial charge < -0.3 is 9.47 Å². The summed E-state index contributed by atoms with van der Waals surface area (Å²) in [7, 11) is 1.75. The van der Waals surface area contributed by atoms with E-state index in [4.69, 9.17) is 0 Å². The normalized spacial score (nSPS) is 15.3. The Kier molecular flexibility index (Phi) is 6.95. The van der Waals surface area contributed by atoms with Gasteiger partial charge in [0.05, 0.1) is 29.9 Å². The molecule has 150 valence electrons. The fourth-order valence-electron chi connectivity index (χ4n) is 2.57. The number of esters is 2. The van der Waals surface area contributed by atoms with Crippen LogP contribution in [0.15, 0.2) is 0 Å². The van der Waals surface area contributed by atoms with E-state index in [9.17, 15) is 31.5 Å². The average molecular weight is 431 g/mol. The van der Waals surface area contributed by atoms with Gasteiger partial charge in [-0.05, 0) is 12.0 Å². The van der Waals surface area contributed by atoms with Gasteiger partial charge in [-0.2, -0.15) is 13.2 Å². The van der Waals surface area contributed by atoms with E-state index in [1.165, 1.54) is 23.5 Å². The second-order valence-corrected chi connectivity index (χ2v) is 8.15. The summed E-state index contributed by atoms with van der Waals surface area (Å²) in [4.78, 5) is 27.1. The van der Waals surface area contributed by atoms with E-state index in [0.717, 1.165) is 14.2 Å². The molecule has 1 aliphatic rings. The SMILES string of the molecule is COC(=O)c1c(C(F)F)nc(C(F)(F)F)c(C(=O)OC)c1CC1SCCS1. The second-order valence-electron chi connectivity index (χ2n) is 5.23. The molecule has 1 aliphatic heterocycles. The lowest BCUT2D eigenvalue weighted by molar-refractivity contribution is -0.142. The predicted molar refractivity (Wildman–Crippen MR) is 89.3 cm³/mol. The number of thioether (sulfide) groups is 2. The lowest BCUT2D eigenvalue weighted by atomic mass is 9.95. The molecule has 27 heavy (non-hydrogen) atoms. The van der Waals surface area contributed by atoms with Crippen molar-refractivity contribution in [2.75, 3.05) is 25.7 Å². The molecule has 2 heterocycles. The van der Waals surface area contributed by atoms with Crippen molar-refractivity contribution in [2.24, 2.45) is 0 Å². The summed E-state index contributed by atoms with van der Waals surface area (Å²) >= 11 is 2.78. The van der Waals surface area contributed by atoms with E-state index < -0.39 is 52.6 Å². The van der Waals surface area contributed by atoms with Crippen molar-refractivity contribution in [3.63, 3.8) is 0 Å². The van der Waals surface area contributed by atoms with E-state index in [1.807, 2.05) is 0 Å². The Bertz CT molecular complexity index is 736. The average Bonchev–Trinajstić information content (AvgIpc) is 3.11. The van der Waals surface area contributed by atoms with Gasteiger partial charge in [-0.25, -0.2) is 23.4 Å². The third-order valence-electron chi connectivity index (χ3n) is 3.64. The number of halogens is 5. The third-order valence-corrected chi connectivity index (χ3v) is 6.68. The fraction of sp³-hybridized carbons (Fsp3) is 0.533. The molecule has 1 aromatic rings. The highest BCUT2D eigenvalue weighted by Gasteiger charge is 2.43. The predicted octanol–water partition coefficient (Wildman–Crippen LogP) is 3.96. The highest BCUT2D eigenvalue weighted by Crippen LogP contribution is 2.41. The zero-order valence-electron chi connectivity index (χ0n) is 14.1. The molecular weight excluding hydrogens is 417 g/mol. The number of methoxy groups -OCH3 is 2. The van der Waals surface area contributed by atoms with Crippen molar-refractivity contribution >= 4 is 35.5 Å². The minimum absolute atomic E-state index is 0.227. The van der Waals surface area contributed by atoms with E-state index in [0.29, 0.717) is 11.5 Å². The van der Waals surface area contributed by atoms with Crippen LogP contribution in [0.25, 0.3) is 0 Å². The summed E-state index contributed by atoms with van der Waals surface area (Å²) in [5.41, 5.74) is -5.53. The Hall–Kier alpha value is -1.56. The number of carbonyl (C=O) groups excluding carboxylic acids is 2. The van der Waals surface area contributed by atoms with Crippen LogP contribution in [0.4, 0.5) is 22.0 Å². The van der Waals surface area contributed by atoms with E-state index >= 15 is 0 Å². The van der Waals surface area contributed by atoms with Crippen LogP contribution >= 0.6 is 23.5 Å². The molecule has 5 nitrogen and oxygen atoms in total. The molecule has 0 amide bonds. The Morgan fingerprint density at radius 3 is 2.07 bits per heavy atom. The highest BCUT2D eigenvalue weighted by atomic mass is 32.2. The number of pyridine rings is 1. The van der Waals surface area contributed by atoms with E-state index in [2.05, 4.69) is 14.5 Å². The molecule has 0 aliphatic carbocycles. The molecule has 2 rings (SSSR count). The molecule has 0 atom stereocenters. The molecule has 0 N–H and O–H groups in total. The van der Waals surface area contributed by atoms with Crippen LogP contribution in [0.2, 0.25) is 0 Å². The van der Waals surface area contributed by atoms with Crippen LogP contribution in [-0.4, -0.2) is 47.2 Å². The number of hydrogen-bond donors (Lipinski definition) is 0. The molecule has 0 saturated carbocycles. The Balaban J connectivity index is 2.87. The number of aromatic nitrogens is 1. The van der Waals surface area contributed by atoms with Crippen LogP contribution < -0.4 is 0 Å². The Morgan fingerprint density at radius 1 is 1.11 bits per heavy atom. The summed E-state index contributed by atoms with van der Waals surface area (Å²) in [5.74, 6) is -1.30. The molecule has 1 aromatic heterocycles. The van der Waals surface area contributed by atoms with Gasteiger partial charge in [0, 0.05) is 11.5 Å². The zero-order chi connectivity index (χ0) is 20.4. The molecule has 0 radical (unpaired) electrons. The summed E-state index contributed by atoms with van der Waals surface area (Å²) in [6.07, 6.45) is -8.91. The molecular formula is C15H14F5NO4S2. The van der Waals surface area contributed by atoms with Gasteiger partial charge in [-0.15, -0.1) is 23.5 Å². The molecule has 0 bridgehead atoms. The van der Waals surface area contributed by atoms with Crippen molar-refractivity contribution in [1.29, 1.82) is 0 Å². The van der Waals surface area contributed by atoms with Crippen molar-refractivity contribution in [2.45, 2.75) is 23.6 Å². The molecule has 1 fully saturated rings. The van der Waals surface area contributed by atoms with Crippen LogP contribution in [0, 0.1) is 0 Å². The number of alkyl halides is 5. The van der Waals surface area contributed by atoms with Gasteiger partial charge >= 0.3 is 18.1 Å². The minimum atomic E-state index is -5.20. The summed E-state index contributed by atoms with van der Waals surface area (Å²) in [6.45, 7) is 0. The maximum absolute atomic E-state index is 13.5. The minimum Gasteiger partial charge on any atom is -0.465 e. The van der Waals surface area contributed by atoms with Crippen molar-refractivity contribution in [3.05, 3.63) is 28.1 Å². The maximum atomic E-state index is 13.5. The number of ether oxygens (including phenoxy) is 2. The Morgan fingerprint density at radius 2 is 1.63 bits per heavy atom. The first-order chi connectivity index (χ1) is 12.6. The highest BCUT2D eigenvalue weighted by molar-refractivity contribution is 8.20. The molecule has 0 aromatic carbocycles. The summed E-state index contributed by atoms with van der Waals surface area (Å²) < 4.78 is 75.8. The van der Waals surface area contributed by atoms with Crippen molar-refractivity contribution in [3.8, 4) is 0 Å². The number of hydrogen-bond acceptors (Lipinski definition) is 7. The molecule has 0 spiro atoms. The first kappa shape index (κ1) is 21.7. The lowest BCUT2D eigenvalue weighted by Crippen LogP contribution is -2.25. The van der Waals surface area contributed by atoms with E-state index in [1.54, 1.807) is 0 Å². The van der Waals surface area contributed by atoms with Crippen LogP contribution in [0.3, 0.4) is 0 Å². The van der Waals surface area contributed by atoms with Gasteiger partial charge in [0.15, 0.2) is 5.69 Å². The van der Waals surface area contributed by atoms with Gasteiger partial charge in [-0.3, -0.25) is 0 Å². The summed E-state index contributed by atoms with van der Waals surface area (Å²) in [5, 5.41) is 0. The van der Waals surface area contributed by atoms with Crippen LogP contribution in [-0.2, 0) is 22.1 Å². The topological polar surface area (TPSA) is 65.5 Å². The quantitative estimate of drug-likeness (QED) is 0.517. The monoisotopic (exact) mass is 431 g/mol. The number of carbonyl (C=O) groups is 2. The largest absolute Gasteiger partial charge is 0.465 e. The smallest absolute Gasteiger partial charge is 0.434 e. The number of nitrogens with zero attached hydrogens (tertiary/aromatic N) is 1. The van der Waals surface area contributed by atoms with E-state index in [-0.39, 0.29) is 11.0 Å². The lowest BCUT2D eigenvalue weighted by Gasteiger charge is -2.21. The molecule has 12 heteroatoms. The van der Waals surface area contributed by atoms with Gasteiger partial charge in [0.1, 0.15) is 5.69 Å². The third kappa shape index (κ3) is 4.65. The molecule has 0 unspecified atom stereocenters. The van der Waals surface area contributed by atoms with Gasteiger partial charge in [0.25, 0.3) is 6.43 Å². The van der Waals surface area contributed by atoms with Gasteiger partial charge in [0.2, 0.25) is 0 Å².